The highest BCUT2D eigenvalue weighted by Crippen LogP contribution is 2.57. The molecule has 2 atom stereocenters. The number of fused-ring (bicyclic) bond motifs is 9. The highest BCUT2D eigenvalue weighted by Gasteiger charge is 2.46. The number of anilines is 2. The molecule has 2 aliphatic carbocycles. The van der Waals surface area contributed by atoms with Crippen LogP contribution in [0.3, 0.4) is 0 Å². The van der Waals surface area contributed by atoms with Crippen LogP contribution in [0.1, 0.15) is 33.7 Å². The first-order valence-electron chi connectivity index (χ1n) is 20.1. The van der Waals surface area contributed by atoms with E-state index in [1.807, 2.05) is 23.1 Å². The Kier molecular flexibility index (Phi) is 7.76. The van der Waals surface area contributed by atoms with E-state index < -0.39 is 5.41 Å². The zero-order valence-electron chi connectivity index (χ0n) is 31.6. The standard InChI is InChI=1S/C55H37NS2/c1-2-14-37(15-3-1)55(48-23-8-4-16-42(48)43-17-5-9-24-49(43)55)38-30-34-40(35-31-38)56(50-25-13-22-47-45-19-7-11-27-52(45)58-54(47)50)39-32-28-36(29-33-39)41-20-12-21-46-44-18-6-10-26-51(44)57-53(41)46/h1-35,47,54H. The SMILES string of the molecule is C1=CC2c3ccccc3SC2C(N(c2ccc(-c3cccc4c3sc3ccccc34)cc2)c2ccc(C3(c4ccccc4)c4ccccc4-c4ccccc43)cc2)=C1. The van der Waals surface area contributed by atoms with Crippen molar-refractivity contribution in [1.29, 1.82) is 0 Å². The molecule has 8 aromatic carbocycles. The number of nitrogens with zero attached hydrogens (tertiary/aromatic N) is 1. The van der Waals surface area contributed by atoms with Gasteiger partial charge >= 0.3 is 0 Å². The van der Waals surface area contributed by atoms with Crippen LogP contribution in [-0.4, -0.2) is 5.25 Å². The van der Waals surface area contributed by atoms with Gasteiger partial charge in [0.05, 0.1) is 10.7 Å². The maximum absolute atomic E-state index is 2.51. The molecule has 0 saturated carbocycles. The number of rotatable bonds is 6. The predicted octanol–water partition coefficient (Wildman–Crippen LogP) is 14.9. The lowest BCUT2D eigenvalue weighted by Crippen LogP contribution is -2.29. The van der Waals surface area contributed by atoms with Gasteiger partial charge in [-0.05, 0) is 92.5 Å². The van der Waals surface area contributed by atoms with Crippen LogP contribution in [0.25, 0.3) is 42.4 Å². The summed E-state index contributed by atoms with van der Waals surface area (Å²) in [7, 11) is 0. The highest BCUT2D eigenvalue weighted by molar-refractivity contribution is 8.00. The molecule has 1 nitrogen and oxygen atoms in total. The normalized spacial score (nSPS) is 17.1. The predicted molar refractivity (Wildman–Crippen MR) is 247 cm³/mol. The van der Waals surface area contributed by atoms with Crippen LogP contribution in [0.15, 0.2) is 223 Å². The summed E-state index contributed by atoms with van der Waals surface area (Å²) in [6, 6.07) is 72.3. The van der Waals surface area contributed by atoms with E-state index >= 15 is 0 Å². The van der Waals surface area contributed by atoms with Crippen molar-refractivity contribution in [2.75, 3.05) is 4.90 Å². The van der Waals surface area contributed by atoms with Gasteiger partial charge in [-0.2, -0.15) is 0 Å². The summed E-state index contributed by atoms with van der Waals surface area (Å²) in [5, 5.41) is 2.92. The summed E-state index contributed by atoms with van der Waals surface area (Å²) < 4.78 is 2.67. The van der Waals surface area contributed by atoms with E-state index in [9.17, 15) is 0 Å². The van der Waals surface area contributed by atoms with Crippen LogP contribution >= 0.6 is 23.1 Å². The fraction of sp³-hybridized carbons (Fsp3) is 0.0545. The summed E-state index contributed by atoms with van der Waals surface area (Å²) in [5.41, 5.74) is 14.9. The average molecular weight is 776 g/mol. The molecule has 1 aromatic heterocycles. The molecular weight excluding hydrogens is 739 g/mol. The third kappa shape index (κ3) is 4.97. The molecule has 0 saturated heterocycles. The molecule has 0 amide bonds. The van der Waals surface area contributed by atoms with E-state index in [0.29, 0.717) is 5.92 Å². The van der Waals surface area contributed by atoms with Crippen molar-refractivity contribution in [2.45, 2.75) is 21.5 Å². The molecule has 3 aliphatic rings. The molecule has 2 heterocycles. The summed E-state index contributed by atoms with van der Waals surface area (Å²) in [6.45, 7) is 0. The summed E-state index contributed by atoms with van der Waals surface area (Å²) in [5.74, 6) is 0.320. The Hall–Kier alpha value is -6.39. The van der Waals surface area contributed by atoms with Gasteiger partial charge in [-0.1, -0.05) is 170 Å². The maximum Gasteiger partial charge on any atom is 0.0713 e. The minimum atomic E-state index is -0.437. The van der Waals surface area contributed by atoms with E-state index in [1.54, 1.807) is 0 Å². The Morgan fingerprint density at radius 3 is 1.86 bits per heavy atom. The monoisotopic (exact) mass is 775 g/mol. The molecule has 0 N–H and O–H groups in total. The van der Waals surface area contributed by atoms with Gasteiger partial charge in [0.15, 0.2) is 0 Å². The summed E-state index contributed by atoms with van der Waals surface area (Å²) >= 11 is 3.88. The second kappa shape index (κ2) is 13.3. The van der Waals surface area contributed by atoms with Crippen molar-refractivity contribution in [3.8, 4) is 22.3 Å². The number of allylic oxidation sites excluding steroid dienone is 3. The quantitative estimate of drug-likeness (QED) is 0.165. The number of hydrogen-bond acceptors (Lipinski definition) is 3. The van der Waals surface area contributed by atoms with Crippen molar-refractivity contribution < 1.29 is 0 Å². The maximum atomic E-state index is 2.51. The number of thiophene rings is 1. The fourth-order valence-electron chi connectivity index (χ4n) is 10.0. The molecule has 1 aliphatic heterocycles. The second-order valence-electron chi connectivity index (χ2n) is 15.5. The van der Waals surface area contributed by atoms with E-state index in [2.05, 4.69) is 217 Å². The van der Waals surface area contributed by atoms with Gasteiger partial charge in [0.2, 0.25) is 0 Å². The van der Waals surface area contributed by atoms with Crippen LogP contribution in [0, 0.1) is 0 Å². The van der Waals surface area contributed by atoms with E-state index in [4.69, 9.17) is 0 Å². The molecular formula is C55H37NS2. The van der Waals surface area contributed by atoms with Crippen molar-refractivity contribution in [3.05, 3.63) is 246 Å². The Balaban J connectivity index is 1.01. The molecule has 0 spiro atoms. The lowest BCUT2D eigenvalue weighted by molar-refractivity contribution is 0.768. The highest BCUT2D eigenvalue weighted by atomic mass is 32.2. The summed E-state index contributed by atoms with van der Waals surface area (Å²) in [4.78, 5) is 3.89. The van der Waals surface area contributed by atoms with E-state index in [1.165, 1.54) is 80.8 Å². The molecule has 12 rings (SSSR count). The molecule has 2 unspecified atom stereocenters. The van der Waals surface area contributed by atoms with Gasteiger partial charge in [0, 0.05) is 48.1 Å². The molecule has 58 heavy (non-hydrogen) atoms. The third-order valence-electron chi connectivity index (χ3n) is 12.6. The van der Waals surface area contributed by atoms with Gasteiger partial charge in [0.1, 0.15) is 0 Å². The Bertz CT molecular complexity index is 3050. The van der Waals surface area contributed by atoms with E-state index in [0.717, 1.165) is 11.4 Å². The lowest BCUT2D eigenvalue weighted by Gasteiger charge is -2.36. The Labute approximate surface area is 347 Å². The van der Waals surface area contributed by atoms with Gasteiger partial charge < -0.3 is 4.90 Å². The van der Waals surface area contributed by atoms with Crippen LogP contribution in [0.5, 0.6) is 0 Å². The summed E-state index contributed by atoms with van der Waals surface area (Å²) in [6.07, 6.45) is 7.00. The molecule has 274 valence electrons. The number of thioether (sulfide) groups is 1. The van der Waals surface area contributed by atoms with Crippen molar-refractivity contribution in [1.82, 2.24) is 0 Å². The first-order chi connectivity index (χ1) is 28.8. The van der Waals surface area contributed by atoms with Gasteiger partial charge in [-0.15, -0.1) is 23.1 Å². The van der Waals surface area contributed by atoms with Gasteiger partial charge in [0.25, 0.3) is 0 Å². The minimum Gasteiger partial charge on any atom is -0.313 e. The number of hydrogen-bond donors (Lipinski definition) is 0. The van der Waals surface area contributed by atoms with Gasteiger partial charge in [-0.25, -0.2) is 0 Å². The lowest BCUT2D eigenvalue weighted by atomic mass is 9.67. The largest absolute Gasteiger partial charge is 0.313 e. The zero-order valence-corrected chi connectivity index (χ0v) is 33.3. The van der Waals surface area contributed by atoms with Crippen LogP contribution in [0.2, 0.25) is 0 Å². The Morgan fingerprint density at radius 2 is 1.09 bits per heavy atom. The average Bonchev–Trinajstić information content (AvgIpc) is 3.97. The van der Waals surface area contributed by atoms with E-state index in [-0.39, 0.29) is 5.25 Å². The molecule has 3 heteroatoms. The first kappa shape index (κ1) is 33.7. The van der Waals surface area contributed by atoms with Gasteiger partial charge in [-0.3, -0.25) is 0 Å². The van der Waals surface area contributed by atoms with Crippen LogP contribution in [0.4, 0.5) is 11.4 Å². The van der Waals surface area contributed by atoms with Crippen molar-refractivity contribution in [3.63, 3.8) is 0 Å². The third-order valence-corrected chi connectivity index (χ3v) is 15.2. The molecule has 0 radical (unpaired) electrons. The number of benzene rings is 8. The first-order valence-corrected chi connectivity index (χ1v) is 21.8. The minimum absolute atomic E-state index is 0.262. The van der Waals surface area contributed by atoms with Crippen molar-refractivity contribution in [2.24, 2.45) is 0 Å². The molecule has 0 bridgehead atoms. The van der Waals surface area contributed by atoms with Crippen molar-refractivity contribution >= 4 is 54.6 Å². The Morgan fingerprint density at radius 1 is 0.483 bits per heavy atom. The van der Waals surface area contributed by atoms with Crippen LogP contribution in [-0.2, 0) is 5.41 Å². The van der Waals surface area contributed by atoms with Crippen LogP contribution < -0.4 is 4.90 Å². The zero-order chi connectivity index (χ0) is 38.2. The smallest absolute Gasteiger partial charge is 0.0713 e. The fourth-order valence-corrected chi connectivity index (χ4v) is 12.7. The molecule has 0 fully saturated rings. The molecule has 9 aromatic rings. The topological polar surface area (TPSA) is 3.24 Å². The second-order valence-corrected chi connectivity index (χ2v) is 17.7.